The molecule has 1 unspecified atom stereocenters. The molecule has 5 nitrogen and oxygen atoms in total. The first kappa shape index (κ1) is 12.9. The number of amides is 1. The predicted molar refractivity (Wildman–Crippen MR) is 70.7 cm³/mol. The third-order valence-electron chi connectivity index (χ3n) is 3.02. The first-order valence-corrected chi connectivity index (χ1v) is 6.18. The number of nitrogens with two attached hydrogens (primary N) is 2. The number of nitrogens with zero attached hydrogens (tertiary/aromatic N) is 1. The summed E-state index contributed by atoms with van der Waals surface area (Å²) < 4.78 is 5.59. The molecule has 18 heavy (non-hydrogen) atoms. The molecule has 0 aromatic heterocycles. The number of hydrogen-bond donors (Lipinski definition) is 2. The molecule has 0 saturated heterocycles. The van der Waals surface area contributed by atoms with Crippen LogP contribution in [0, 0.1) is 0 Å². The number of anilines is 1. The summed E-state index contributed by atoms with van der Waals surface area (Å²) in [6.07, 6.45) is 0.331. The summed E-state index contributed by atoms with van der Waals surface area (Å²) in [7, 11) is 0. The van der Waals surface area contributed by atoms with Crippen molar-refractivity contribution in [2.45, 2.75) is 19.4 Å². The lowest BCUT2D eigenvalue weighted by Crippen LogP contribution is -2.46. The Morgan fingerprint density at radius 3 is 2.78 bits per heavy atom. The van der Waals surface area contributed by atoms with E-state index in [0.29, 0.717) is 19.6 Å². The van der Waals surface area contributed by atoms with Crippen LogP contribution in [0.3, 0.4) is 0 Å². The van der Waals surface area contributed by atoms with Gasteiger partial charge in [0.05, 0.1) is 5.69 Å². The van der Waals surface area contributed by atoms with Gasteiger partial charge in [-0.3, -0.25) is 4.79 Å². The Morgan fingerprint density at radius 2 is 2.11 bits per heavy atom. The van der Waals surface area contributed by atoms with Gasteiger partial charge >= 0.3 is 0 Å². The SMILES string of the molecule is CC1Oc2ccc(CCN)cc2N(CCN)C1=O. The average Bonchev–Trinajstić information content (AvgIpc) is 2.36. The lowest BCUT2D eigenvalue weighted by molar-refractivity contribution is -0.125. The highest BCUT2D eigenvalue weighted by Crippen LogP contribution is 2.34. The van der Waals surface area contributed by atoms with E-state index in [1.165, 1.54) is 0 Å². The monoisotopic (exact) mass is 249 g/mol. The van der Waals surface area contributed by atoms with Gasteiger partial charge in [0.2, 0.25) is 0 Å². The van der Waals surface area contributed by atoms with Crippen LogP contribution < -0.4 is 21.1 Å². The van der Waals surface area contributed by atoms with Crippen LogP contribution in [0.25, 0.3) is 0 Å². The van der Waals surface area contributed by atoms with Crippen molar-refractivity contribution in [3.63, 3.8) is 0 Å². The fraction of sp³-hybridized carbons (Fsp3) is 0.462. The van der Waals surface area contributed by atoms with Crippen LogP contribution in [-0.2, 0) is 11.2 Å². The minimum Gasteiger partial charge on any atom is -0.479 e. The quantitative estimate of drug-likeness (QED) is 0.802. The Hall–Kier alpha value is -1.59. The van der Waals surface area contributed by atoms with Crippen molar-refractivity contribution in [3.05, 3.63) is 23.8 Å². The second kappa shape index (κ2) is 5.37. The summed E-state index contributed by atoms with van der Waals surface area (Å²) in [5.41, 5.74) is 13.0. The molecule has 0 bridgehead atoms. The van der Waals surface area contributed by atoms with Crippen molar-refractivity contribution >= 4 is 11.6 Å². The Kier molecular flexibility index (Phi) is 3.84. The number of carbonyl (C=O) groups excluding carboxylic acids is 1. The minimum absolute atomic E-state index is 0.0437. The molecule has 0 spiro atoms. The molecule has 0 saturated carbocycles. The number of rotatable bonds is 4. The molecule has 4 N–H and O–H groups in total. The van der Waals surface area contributed by atoms with Crippen LogP contribution in [0.2, 0.25) is 0 Å². The van der Waals surface area contributed by atoms with Gasteiger partial charge in [0.15, 0.2) is 6.10 Å². The molecule has 1 aromatic carbocycles. The maximum Gasteiger partial charge on any atom is 0.267 e. The summed E-state index contributed by atoms with van der Waals surface area (Å²) in [4.78, 5) is 13.8. The Morgan fingerprint density at radius 1 is 1.33 bits per heavy atom. The van der Waals surface area contributed by atoms with E-state index in [1.807, 2.05) is 18.2 Å². The smallest absolute Gasteiger partial charge is 0.267 e. The first-order chi connectivity index (χ1) is 8.67. The highest BCUT2D eigenvalue weighted by atomic mass is 16.5. The number of carbonyl (C=O) groups is 1. The van der Waals surface area contributed by atoms with Gasteiger partial charge in [0, 0.05) is 13.1 Å². The summed E-state index contributed by atoms with van der Waals surface area (Å²) >= 11 is 0. The standard InChI is InChI=1S/C13H19N3O2/c1-9-13(17)16(7-6-15)11-8-10(4-5-14)2-3-12(11)18-9/h2-3,8-9H,4-7,14-15H2,1H3. The van der Waals surface area contributed by atoms with Gasteiger partial charge < -0.3 is 21.1 Å². The van der Waals surface area contributed by atoms with Crippen LogP contribution in [0.15, 0.2) is 18.2 Å². The fourth-order valence-electron chi connectivity index (χ4n) is 2.13. The zero-order valence-electron chi connectivity index (χ0n) is 10.6. The number of fused-ring (bicyclic) bond motifs is 1. The van der Waals surface area contributed by atoms with E-state index in [2.05, 4.69) is 0 Å². The third-order valence-corrected chi connectivity index (χ3v) is 3.02. The van der Waals surface area contributed by atoms with E-state index in [9.17, 15) is 4.79 Å². The predicted octanol–water partition coefficient (Wildman–Crippen LogP) is 0.260. The van der Waals surface area contributed by atoms with Gasteiger partial charge in [-0.05, 0) is 37.6 Å². The van der Waals surface area contributed by atoms with Crippen molar-refractivity contribution in [2.24, 2.45) is 11.5 Å². The van der Waals surface area contributed by atoms with Crippen molar-refractivity contribution in [1.29, 1.82) is 0 Å². The highest BCUT2D eigenvalue weighted by Gasteiger charge is 2.30. The third kappa shape index (κ3) is 2.32. The molecule has 0 fully saturated rings. The molecule has 2 rings (SSSR count). The second-order valence-corrected chi connectivity index (χ2v) is 4.38. The molecule has 1 heterocycles. The van der Waals surface area contributed by atoms with E-state index in [4.69, 9.17) is 16.2 Å². The summed E-state index contributed by atoms with van der Waals surface area (Å²) in [5.74, 6) is 0.689. The van der Waals surface area contributed by atoms with E-state index >= 15 is 0 Å². The molecule has 1 aliphatic rings. The molecule has 5 heteroatoms. The molecule has 0 radical (unpaired) electrons. The van der Waals surface area contributed by atoms with E-state index in [-0.39, 0.29) is 5.91 Å². The molecule has 0 aliphatic carbocycles. The Labute approximate surface area is 107 Å². The zero-order valence-corrected chi connectivity index (χ0v) is 10.6. The fourth-order valence-corrected chi connectivity index (χ4v) is 2.13. The van der Waals surface area contributed by atoms with Gasteiger partial charge in [-0.25, -0.2) is 0 Å². The highest BCUT2D eigenvalue weighted by molar-refractivity contribution is 5.99. The zero-order chi connectivity index (χ0) is 13.1. The second-order valence-electron chi connectivity index (χ2n) is 4.38. The van der Waals surface area contributed by atoms with Crippen molar-refractivity contribution in [3.8, 4) is 5.75 Å². The summed E-state index contributed by atoms with van der Waals surface area (Å²) in [5, 5.41) is 0. The van der Waals surface area contributed by atoms with Gasteiger partial charge in [-0.2, -0.15) is 0 Å². The van der Waals surface area contributed by atoms with Gasteiger partial charge in [0.25, 0.3) is 5.91 Å². The largest absolute Gasteiger partial charge is 0.479 e. The molecule has 1 aromatic rings. The van der Waals surface area contributed by atoms with Crippen LogP contribution >= 0.6 is 0 Å². The van der Waals surface area contributed by atoms with Gasteiger partial charge in [-0.1, -0.05) is 6.07 Å². The molecule has 1 amide bonds. The van der Waals surface area contributed by atoms with Crippen LogP contribution in [0.5, 0.6) is 5.75 Å². The maximum atomic E-state index is 12.1. The van der Waals surface area contributed by atoms with Crippen molar-refractivity contribution < 1.29 is 9.53 Å². The topological polar surface area (TPSA) is 81.6 Å². The average molecular weight is 249 g/mol. The number of benzene rings is 1. The Bertz CT molecular complexity index is 448. The normalized spacial score (nSPS) is 18.5. The molecule has 1 aliphatic heterocycles. The first-order valence-electron chi connectivity index (χ1n) is 6.18. The van der Waals surface area contributed by atoms with Crippen molar-refractivity contribution in [1.82, 2.24) is 0 Å². The lowest BCUT2D eigenvalue weighted by Gasteiger charge is -2.33. The van der Waals surface area contributed by atoms with Crippen molar-refractivity contribution in [2.75, 3.05) is 24.5 Å². The molecular weight excluding hydrogens is 230 g/mol. The van der Waals surface area contributed by atoms with Crippen LogP contribution in [0.1, 0.15) is 12.5 Å². The lowest BCUT2D eigenvalue weighted by atomic mass is 10.1. The number of ether oxygens (including phenoxy) is 1. The number of hydrogen-bond acceptors (Lipinski definition) is 4. The molecule has 1 atom stereocenters. The van der Waals surface area contributed by atoms with E-state index < -0.39 is 6.10 Å². The van der Waals surface area contributed by atoms with E-state index in [0.717, 1.165) is 23.4 Å². The van der Waals surface area contributed by atoms with Gasteiger partial charge in [-0.15, -0.1) is 0 Å². The van der Waals surface area contributed by atoms with Crippen LogP contribution in [0.4, 0.5) is 5.69 Å². The minimum atomic E-state index is -0.454. The van der Waals surface area contributed by atoms with Crippen LogP contribution in [-0.4, -0.2) is 31.6 Å². The van der Waals surface area contributed by atoms with Gasteiger partial charge in [0.1, 0.15) is 5.75 Å². The molecular formula is C13H19N3O2. The van der Waals surface area contributed by atoms with E-state index in [1.54, 1.807) is 11.8 Å². The molecule has 98 valence electrons. The summed E-state index contributed by atoms with van der Waals surface area (Å²) in [6.45, 7) is 3.27. The maximum absolute atomic E-state index is 12.1. The Balaban J connectivity index is 2.38. The summed E-state index contributed by atoms with van der Waals surface area (Å²) in [6, 6.07) is 5.84.